The highest BCUT2D eigenvalue weighted by Gasteiger charge is 2.57. The van der Waals surface area contributed by atoms with Gasteiger partial charge in [0, 0.05) is 6.04 Å². The van der Waals surface area contributed by atoms with Gasteiger partial charge in [0.15, 0.2) is 23.2 Å². The summed E-state index contributed by atoms with van der Waals surface area (Å²) >= 11 is 6.72. The van der Waals surface area contributed by atoms with Crippen LogP contribution in [0.4, 0.5) is 11.8 Å². The lowest BCUT2D eigenvalue weighted by Gasteiger charge is -2.28. The van der Waals surface area contributed by atoms with E-state index in [9.17, 15) is 24.7 Å². The maximum atomic E-state index is 13.6. The number of aliphatic hydroxyl groups excluding tert-OH is 2. The first-order chi connectivity index (χ1) is 19.0. The first-order valence-corrected chi connectivity index (χ1v) is 14.3. The molecule has 1 aromatic carbocycles. The number of fused-ring (bicyclic) bond motifs is 1. The van der Waals surface area contributed by atoms with Crippen molar-refractivity contribution in [1.82, 2.24) is 24.6 Å². The van der Waals surface area contributed by atoms with Crippen LogP contribution in [0.15, 0.2) is 36.7 Å². The lowest BCUT2D eigenvalue weighted by atomic mass is 9.99. The molecule has 216 valence electrons. The van der Waals surface area contributed by atoms with Crippen molar-refractivity contribution in [1.29, 1.82) is 0 Å². The van der Waals surface area contributed by atoms with Crippen molar-refractivity contribution in [3.05, 3.63) is 36.7 Å². The average molecular weight is 598 g/mol. The van der Waals surface area contributed by atoms with E-state index in [1.165, 1.54) is 30.0 Å². The normalized spacial score (nSPS) is 26.9. The maximum Gasteiger partial charge on any atom is 0.459 e. The number of nitrogens with one attached hydrogen (secondary N) is 2. The van der Waals surface area contributed by atoms with Gasteiger partial charge in [0.25, 0.3) is 0 Å². The number of halogens is 1. The number of carbonyl (C=O) groups is 1. The molecule has 2 aromatic heterocycles. The Morgan fingerprint density at radius 2 is 2.08 bits per heavy atom. The monoisotopic (exact) mass is 597 g/mol. The van der Waals surface area contributed by atoms with Gasteiger partial charge in [0.05, 0.1) is 19.5 Å². The summed E-state index contributed by atoms with van der Waals surface area (Å²) in [6.45, 7) is -0.00610. The second-order valence-electron chi connectivity index (χ2n) is 9.62. The van der Waals surface area contributed by atoms with Crippen molar-refractivity contribution in [3.63, 3.8) is 0 Å². The molecule has 0 spiro atoms. The van der Waals surface area contributed by atoms with E-state index in [2.05, 4.69) is 25.4 Å². The number of nitrogen functional groups attached to an aromatic ring is 1. The minimum absolute atomic E-state index is 0.0300. The molecule has 3 aromatic rings. The van der Waals surface area contributed by atoms with Gasteiger partial charge in [0.2, 0.25) is 5.95 Å². The van der Waals surface area contributed by atoms with Gasteiger partial charge in [0.1, 0.15) is 28.9 Å². The summed E-state index contributed by atoms with van der Waals surface area (Å²) in [5.74, 6) is -0.732. The fraction of sp³-hybridized carbons (Fsp3) is 0.478. The van der Waals surface area contributed by atoms with Gasteiger partial charge in [-0.25, -0.2) is 9.55 Å². The van der Waals surface area contributed by atoms with Crippen LogP contribution in [0, 0.1) is 0 Å². The maximum absolute atomic E-state index is 13.6. The van der Waals surface area contributed by atoms with E-state index in [1.807, 2.05) is 0 Å². The second-order valence-corrected chi connectivity index (χ2v) is 12.0. The lowest BCUT2D eigenvalue weighted by molar-refractivity contribution is -0.138. The number of alkyl halides is 1. The van der Waals surface area contributed by atoms with E-state index in [0.717, 1.165) is 12.8 Å². The first-order valence-electron chi connectivity index (χ1n) is 12.4. The van der Waals surface area contributed by atoms with Crippen molar-refractivity contribution in [2.45, 2.75) is 55.2 Å². The number of carboxylic acids is 1. The summed E-state index contributed by atoms with van der Waals surface area (Å²) in [5.41, 5.74) is 6.58. The van der Waals surface area contributed by atoms with Crippen LogP contribution >= 0.6 is 19.3 Å². The Balaban J connectivity index is 1.40. The van der Waals surface area contributed by atoms with Crippen LogP contribution in [0.3, 0.4) is 0 Å². The number of anilines is 2. The number of para-hydroxylation sites is 1. The Morgan fingerprint density at radius 3 is 2.73 bits per heavy atom. The third kappa shape index (κ3) is 5.72. The number of imidazole rings is 1. The Labute approximate surface area is 233 Å². The highest BCUT2D eigenvalue weighted by atomic mass is 35.5. The van der Waals surface area contributed by atoms with Gasteiger partial charge in [-0.15, -0.1) is 11.6 Å². The van der Waals surface area contributed by atoms with Gasteiger partial charge in [-0.1, -0.05) is 18.2 Å². The number of carboxylic acid groups (broad SMARTS) is 1. The standard InChI is InChI=1S/C23H29ClN7O8P/c1-12(20(34)35)30-40(36,39-14-5-3-2-4-6-14)37-9-15-17(33)23(24,10-32)21(38-15)31-11-26-16-18(27-13-7-8-13)28-22(25)29-19(16)31/h2-6,11-13,15,17,21,32-33H,7-10H2,1H3,(H,30,36)(H,34,35)(H3,25,27,28,29)/t12-,15-,17-,21-,23-,40?/m1/s1. The molecular weight excluding hydrogens is 569 g/mol. The number of nitrogens with two attached hydrogens (primary N) is 1. The molecule has 6 atom stereocenters. The molecule has 1 unspecified atom stereocenters. The number of aromatic nitrogens is 4. The molecule has 0 radical (unpaired) electrons. The zero-order chi connectivity index (χ0) is 28.7. The Hall–Kier alpha value is -3.04. The molecule has 2 fully saturated rings. The number of hydrogen-bond acceptors (Lipinski definition) is 12. The summed E-state index contributed by atoms with van der Waals surface area (Å²) < 4.78 is 32.0. The number of nitrogens with zero attached hydrogens (tertiary/aromatic N) is 4. The number of aliphatic carboxylic acids is 1. The molecular formula is C23H29ClN7O8P. The van der Waals surface area contributed by atoms with Crippen LogP contribution in [-0.2, 0) is 18.6 Å². The molecule has 3 heterocycles. The molecule has 0 amide bonds. The molecule has 5 rings (SSSR count). The molecule has 17 heteroatoms. The van der Waals surface area contributed by atoms with Crippen molar-refractivity contribution in [2.75, 3.05) is 24.3 Å². The smallest absolute Gasteiger partial charge is 0.459 e. The molecule has 2 aliphatic rings. The molecule has 1 saturated carbocycles. The van der Waals surface area contributed by atoms with E-state index in [0.29, 0.717) is 11.3 Å². The highest BCUT2D eigenvalue weighted by Crippen LogP contribution is 2.49. The van der Waals surface area contributed by atoms with Crippen LogP contribution < -0.4 is 20.7 Å². The second kappa shape index (κ2) is 11.1. The minimum Gasteiger partial charge on any atom is -0.480 e. The fourth-order valence-electron chi connectivity index (χ4n) is 4.21. The Kier molecular flexibility index (Phi) is 7.90. The van der Waals surface area contributed by atoms with E-state index >= 15 is 0 Å². The summed E-state index contributed by atoms with van der Waals surface area (Å²) in [4.78, 5) is 22.5. The highest BCUT2D eigenvalue weighted by molar-refractivity contribution is 7.52. The van der Waals surface area contributed by atoms with E-state index in [4.69, 9.17) is 31.1 Å². The number of ether oxygens (including phenoxy) is 1. The van der Waals surface area contributed by atoms with Crippen molar-refractivity contribution >= 4 is 48.2 Å². The van der Waals surface area contributed by atoms with E-state index in [1.54, 1.807) is 18.2 Å². The molecule has 0 bridgehead atoms. The van der Waals surface area contributed by atoms with Gasteiger partial charge < -0.3 is 35.6 Å². The van der Waals surface area contributed by atoms with Crippen molar-refractivity contribution in [3.8, 4) is 5.75 Å². The molecule has 7 N–H and O–H groups in total. The third-order valence-electron chi connectivity index (χ3n) is 6.51. The fourth-order valence-corrected chi connectivity index (χ4v) is 6.01. The molecule has 1 saturated heterocycles. The van der Waals surface area contributed by atoms with Crippen LogP contribution in [0.25, 0.3) is 11.2 Å². The predicted molar refractivity (Wildman–Crippen MR) is 143 cm³/mol. The largest absolute Gasteiger partial charge is 0.480 e. The van der Waals surface area contributed by atoms with Gasteiger partial charge in [-0.3, -0.25) is 13.9 Å². The summed E-state index contributed by atoms with van der Waals surface area (Å²) in [7, 11) is -4.31. The zero-order valence-electron chi connectivity index (χ0n) is 21.3. The quantitative estimate of drug-likeness (QED) is 0.129. The molecule has 1 aliphatic carbocycles. The summed E-state index contributed by atoms with van der Waals surface area (Å²) in [6, 6.07) is 6.96. The summed E-state index contributed by atoms with van der Waals surface area (Å²) in [5, 5.41) is 36.2. The SMILES string of the molecule is C[C@@H](NP(=O)(OC[C@H]1O[C@@H](n2cnc3c(NC4CC4)nc(N)nc32)[C@@](Cl)(CO)[C@@H]1O)Oc1ccccc1)C(=O)O. The van der Waals surface area contributed by atoms with E-state index in [-0.39, 0.29) is 23.4 Å². The predicted octanol–water partition coefficient (Wildman–Crippen LogP) is 1.48. The summed E-state index contributed by atoms with van der Waals surface area (Å²) in [6.07, 6.45) is -0.630. The molecule has 1 aliphatic heterocycles. The zero-order valence-corrected chi connectivity index (χ0v) is 22.9. The third-order valence-corrected chi connectivity index (χ3v) is 8.68. The van der Waals surface area contributed by atoms with E-state index < -0.39 is 56.3 Å². The van der Waals surface area contributed by atoms with Crippen LogP contribution in [0.5, 0.6) is 5.75 Å². The lowest BCUT2D eigenvalue weighted by Crippen LogP contribution is -2.45. The van der Waals surface area contributed by atoms with Crippen molar-refractivity contribution < 1.29 is 38.5 Å². The number of benzene rings is 1. The minimum atomic E-state index is -4.31. The first kappa shape index (κ1) is 28.5. The van der Waals surface area contributed by atoms with Gasteiger partial charge in [-0.2, -0.15) is 15.1 Å². The average Bonchev–Trinajstić information content (AvgIpc) is 3.58. The molecule has 40 heavy (non-hydrogen) atoms. The Bertz CT molecular complexity index is 1430. The van der Waals surface area contributed by atoms with Gasteiger partial charge in [-0.05, 0) is 31.9 Å². The number of rotatable bonds is 12. The van der Waals surface area contributed by atoms with Crippen LogP contribution in [0.1, 0.15) is 26.0 Å². The van der Waals surface area contributed by atoms with Gasteiger partial charge >= 0.3 is 13.7 Å². The number of aliphatic hydroxyl groups is 2. The van der Waals surface area contributed by atoms with Crippen LogP contribution in [-0.4, -0.2) is 83.2 Å². The van der Waals surface area contributed by atoms with Crippen molar-refractivity contribution in [2.24, 2.45) is 0 Å². The Morgan fingerprint density at radius 1 is 1.35 bits per heavy atom. The molecule has 15 nitrogen and oxygen atoms in total. The number of hydrogen-bond donors (Lipinski definition) is 6. The van der Waals surface area contributed by atoms with Crippen LogP contribution in [0.2, 0.25) is 0 Å². The topological polar surface area (TPSA) is 216 Å².